The van der Waals surface area contributed by atoms with Crippen molar-refractivity contribution in [1.82, 2.24) is 4.90 Å². The highest BCUT2D eigenvalue weighted by Crippen LogP contribution is 2.31. The predicted molar refractivity (Wildman–Crippen MR) is 79.8 cm³/mol. The van der Waals surface area contributed by atoms with Crippen LogP contribution in [0.2, 0.25) is 0 Å². The second-order valence-electron chi connectivity index (χ2n) is 6.61. The third-order valence-corrected chi connectivity index (χ3v) is 3.85. The Morgan fingerprint density at radius 2 is 2.19 bits per heavy atom. The summed E-state index contributed by atoms with van der Waals surface area (Å²) >= 11 is 0. The first kappa shape index (κ1) is 17.6. The molecule has 0 bridgehead atoms. The molecule has 1 saturated heterocycles. The third-order valence-electron chi connectivity index (χ3n) is 3.85. The summed E-state index contributed by atoms with van der Waals surface area (Å²) < 4.78 is 5.38. The number of carbonyl (C=O) groups excluding carboxylic acids is 1. The van der Waals surface area contributed by atoms with E-state index in [2.05, 4.69) is 10.0 Å². The van der Waals surface area contributed by atoms with E-state index in [-0.39, 0.29) is 18.6 Å². The minimum atomic E-state index is -1.06. The summed E-state index contributed by atoms with van der Waals surface area (Å²) in [6.07, 6.45) is 1.75. The topological polar surface area (TPSA) is 98.5 Å². The highest BCUT2D eigenvalue weighted by atomic mass is 16.6. The fourth-order valence-corrected chi connectivity index (χ4v) is 2.59. The smallest absolute Gasteiger partial charge is 0.410 e. The van der Waals surface area contributed by atoms with Gasteiger partial charge in [0.25, 0.3) is 0 Å². The zero-order valence-electron chi connectivity index (χ0n) is 13.4. The Kier molecular flexibility index (Phi) is 5.87. The van der Waals surface area contributed by atoms with Crippen LogP contribution < -0.4 is 0 Å². The van der Waals surface area contributed by atoms with Crippen LogP contribution in [-0.4, -0.2) is 46.9 Å². The average molecular weight is 298 g/mol. The molecule has 1 rings (SSSR count). The fourth-order valence-electron chi connectivity index (χ4n) is 2.59. The second-order valence-corrected chi connectivity index (χ2v) is 6.61. The maximum absolute atomic E-state index is 12.1. The third kappa shape index (κ3) is 5.10. The van der Waals surface area contributed by atoms with E-state index in [0.717, 1.165) is 12.8 Å². The van der Waals surface area contributed by atoms with Crippen molar-refractivity contribution in [3.05, 3.63) is 10.4 Å². The summed E-state index contributed by atoms with van der Waals surface area (Å²) in [5.74, 6) is -0.103. The van der Waals surface area contributed by atoms with Crippen LogP contribution in [0.4, 0.5) is 4.79 Å². The first-order valence-corrected chi connectivity index (χ1v) is 7.43. The molecule has 1 amide bonds. The molecule has 0 aromatic carbocycles. The molecule has 0 aliphatic carbocycles. The number of carbonyl (C=O) groups is 1. The van der Waals surface area contributed by atoms with Crippen LogP contribution >= 0.6 is 0 Å². The summed E-state index contributed by atoms with van der Waals surface area (Å²) in [7, 11) is 0. The maximum atomic E-state index is 12.1. The van der Waals surface area contributed by atoms with E-state index in [9.17, 15) is 9.90 Å². The van der Waals surface area contributed by atoms with Gasteiger partial charge in [0, 0.05) is 23.9 Å². The molecule has 0 aromatic rings. The number of ether oxygens (including phenoxy) is 1. The lowest BCUT2D eigenvalue weighted by Crippen LogP contribution is -2.51. The SMILES string of the molecule is CC[C@](O)(CN=[N+]=[N-])[C@@H]1CCCN(C(=O)OC(C)(C)C)C1. The molecule has 1 fully saturated rings. The molecule has 1 aliphatic rings. The number of amides is 1. The predicted octanol–water partition coefficient (Wildman–Crippen LogP) is 3.08. The van der Waals surface area contributed by atoms with Gasteiger partial charge in [-0.25, -0.2) is 4.79 Å². The van der Waals surface area contributed by atoms with Crippen LogP contribution in [0, 0.1) is 5.92 Å². The zero-order valence-corrected chi connectivity index (χ0v) is 13.4. The van der Waals surface area contributed by atoms with Crippen molar-refractivity contribution in [3.63, 3.8) is 0 Å². The Labute approximate surface area is 125 Å². The number of rotatable bonds is 4. The van der Waals surface area contributed by atoms with E-state index in [4.69, 9.17) is 10.3 Å². The monoisotopic (exact) mass is 298 g/mol. The standard InChI is InChI=1S/C14H26N4O3/c1-5-14(20,10-16-17-15)11-7-6-8-18(9-11)12(19)21-13(2,3)4/h11,20H,5-10H2,1-4H3/t11-,14+/m1/s1. The van der Waals surface area contributed by atoms with E-state index >= 15 is 0 Å². The summed E-state index contributed by atoms with van der Waals surface area (Å²) in [6, 6.07) is 0. The molecule has 21 heavy (non-hydrogen) atoms. The molecule has 120 valence electrons. The van der Waals surface area contributed by atoms with Crippen LogP contribution in [-0.2, 0) is 4.74 Å². The van der Waals surface area contributed by atoms with E-state index in [1.807, 2.05) is 27.7 Å². The van der Waals surface area contributed by atoms with E-state index in [0.29, 0.717) is 19.5 Å². The first-order chi connectivity index (χ1) is 9.72. The van der Waals surface area contributed by atoms with E-state index in [1.165, 1.54) is 0 Å². The highest BCUT2D eigenvalue weighted by molar-refractivity contribution is 5.68. The van der Waals surface area contributed by atoms with Crippen molar-refractivity contribution >= 4 is 6.09 Å². The van der Waals surface area contributed by atoms with Gasteiger partial charge in [0.15, 0.2) is 0 Å². The van der Waals surface area contributed by atoms with Gasteiger partial charge in [0.1, 0.15) is 5.60 Å². The van der Waals surface area contributed by atoms with Gasteiger partial charge in [-0.3, -0.25) is 0 Å². The van der Waals surface area contributed by atoms with Gasteiger partial charge in [0.05, 0.1) is 12.1 Å². The second kappa shape index (κ2) is 7.00. The lowest BCUT2D eigenvalue weighted by atomic mass is 9.80. The first-order valence-electron chi connectivity index (χ1n) is 7.43. The van der Waals surface area contributed by atoms with Gasteiger partial charge in [-0.1, -0.05) is 12.0 Å². The zero-order chi connectivity index (χ0) is 16.1. The molecular formula is C14H26N4O3. The van der Waals surface area contributed by atoms with Crippen molar-refractivity contribution in [2.45, 2.75) is 58.2 Å². The molecule has 0 aromatic heterocycles. The number of nitrogens with zero attached hydrogens (tertiary/aromatic N) is 4. The lowest BCUT2D eigenvalue weighted by Gasteiger charge is -2.41. The molecule has 0 unspecified atom stereocenters. The van der Waals surface area contributed by atoms with Gasteiger partial charge in [-0.05, 0) is 45.6 Å². The van der Waals surface area contributed by atoms with Crippen LogP contribution in [0.15, 0.2) is 5.11 Å². The van der Waals surface area contributed by atoms with Crippen molar-refractivity contribution in [3.8, 4) is 0 Å². The summed E-state index contributed by atoms with van der Waals surface area (Å²) in [6.45, 7) is 8.45. The molecule has 1 N–H and O–H groups in total. The van der Waals surface area contributed by atoms with Crippen LogP contribution in [0.5, 0.6) is 0 Å². The molecule has 0 radical (unpaired) electrons. The Morgan fingerprint density at radius 3 is 2.71 bits per heavy atom. The molecule has 0 spiro atoms. The average Bonchev–Trinajstić information content (AvgIpc) is 2.43. The highest BCUT2D eigenvalue weighted by Gasteiger charge is 2.39. The number of likely N-dealkylation sites (tertiary alicyclic amines) is 1. The summed E-state index contributed by atoms with van der Waals surface area (Å²) in [5.41, 5.74) is 6.86. The van der Waals surface area contributed by atoms with Crippen LogP contribution in [0.1, 0.15) is 47.0 Å². The van der Waals surface area contributed by atoms with Gasteiger partial charge >= 0.3 is 6.09 Å². The van der Waals surface area contributed by atoms with Gasteiger partial charge in [-0.15, -0.1) is 0 Å². The maximum Gasteiger partial charge on any atom is 0.410 e. The number of azide groups is 1. The largest absolute Gasteiger partial charge is 0.444 e. The molecule has 7 heteroatoms. The van der Waals surface area contributed by atoms with Crippen molar-refractivity contribution in [2.24, 2.45) is 11.0 Å². The number of hydrogen-bond donors (Lipinski definition) is 1. The number of hydrogen-bond acceptors (Lipinski definition) is 4. The molecule has 0 saturated carbocycles. The summed E-state index contributed by atoms with van der Waals surface area (Å²) in [4.78, 5) is 16.5. The summed E-state index contributed by atoms with van der Waals surface area (Å²) in [5, 5.41) is 14.2. The van der Waals surface area contributed by atoms with Crippen molar-refractivity contribution in [1.29, 1.82) is 0 Å². The Hall–Kier alpha value is -1.46. The van der Waals surface area contributed by atoms with Gasteiger partial charge < -0.3 is 14.7 Å². The quantitative estimate of drug-likeness (QED) is 0.490. The van der Waals surface area contributed by atoms with Crippen LogP contribution in [0.25, 0.3) is 10.4 Å². The molecular weight excluding hydrogens is 272 g/mol. The molecule has 2 atom stereocenters. The Bertz CT molecular complexity index is 415. The molecule has 1 aliphatic heterocycles. The minimum absolute atomic E-state index is 0.0345. The number of aliphatic hydroxyl groups is 1. The van der Waals surface area contributed by atoms with E-state index < -0.39 is 11.2 Å². The minimum Gasteiger partial charge on any atom is -0.444 e. The number of piperidine rings is 1. The van der Waals surface area contributed by atoms with Crippen molar-refractivity contribution in [2.75, 3.05) is 19.6 Å². The fraction of sp³-hybridized carbons (Fsp3) is 0.929. The lowest BCUT2D eigenvalue weighted by molar-refractivity contribution is -0.0478. The normalized spacial score (nSPS) is 22.1. The van der Waals surface area contributed by atoms with Gasteiger partial charge in [-0.2, -0.15) is 0 Å². The Balaban J connectivity index is 2.74. The van der Waals surface area contributed by atoms with Crippen molar-refractivity contribution < 1.29 is 14.6 Å². The molecule has 1 heterocycles. The molecule has 7 nitrogen and oxygen atoms in total. The van der Waals surface area contributed by atoms with E-state index in [1.54, 1.807) is 4.90 Å². The van der Waals surface area contributed by atoms with Gasteiger partial charge in [0.2, 0.25) is 0 Å². The van der Waals surface area contributed by atoms with Crippen LogP contribution in [0.3, 0.4) is 0 Å². The Morgan fingerprint density at radius 1 is 1.52 bits per heavy atom.